The third-order valence-corrected chi connectivity index (χ3v) is 4.93. The number of aryl methyl sites for hydroxylation is 1. The van der Waals surface area contributed by atoms with Crippen LogP contribution in [-0.2, 0) is 13.1 Å². The van der Waals surface area contributed by atoms with Crippen LogP contribution in [0.4, 0.5) is 10.5 Å². The van der Waals surface area contributed by atoms with Crippen LogP contribution in [0.5, 0.6) is 0 Å². The molecule has 0 saturated carbocycles. The Morgan fingerprint density at radius 2 is 1.87 bits per heavy atom. The Morgan fingerprint density at radius 1 is 1.03 bits per heavy atom. The Labute approximate surface area is 174 Å². The summed E-state index contributed by atoms with van der Waals surface area (Å²) in [7, 11) is 0. The molecule has 2 N–H and O–H groups in total. The summed E-state index contributed by atoms with van der Waals surface area (Å²) in [5, 5.41) is 3.84. The van der Waals surface area contributed by atoms with E-state index in [1.807, 2.05) is 73.7 Å². The van der Waals surface area contributed by atoms with Gasteiger partial charge in [0.15, 0.2) is 0 Å². The molecule has 0 aliphatic rings. The number of urea groups is 1. The Kier molecular flexibility index (Phi) is 5.57. The van der Waals surface area contributed by atoms with Crippen molar-refractivity contribution in [2.24, 2.45) is 0 Å². The summed E-state index contributed by atoms with van der Waals surface area (Å²) >= 11 is 0. The molecule has 0 radical (unpaired) electrons. The zero-order chi connectivity index (χ0) is 20.9. The summed E-state index contributed by atoms with van der Waals surface area (Å²) in [6.07, 6.45) is 3.41. The topological polar surface area (TPSA) is 78.1 Å². The first-order chi connectivity index (χ1) is 14.6. The zero-order valence-corrected chi connectivity index (χ0v) is 16.6. The van der Waals surface area contributed by atoms with Gasteiger partial charge in [0, 0.05) is 30.2 Å². The van der Waals surface area contributed by atoms with Gasteiger partial charge in [-0.15, -0.1) is 0 Å². The van der Waals surface area contributed by atoms with E-state index >= 15 is 0 Å². The van der Waals surface area contributed by atoms with Crippen LogP contribution in [0, 0.1) is 6.92 Å². The molecule has 2 aromatic heterocycles. The molecule has 4 aromatic rings. The highest BCUT2D eigenvalue weighted by Gasteiger charge is 2.17. The van der Waals surface area contributed by atoms with Gasteiger partial charge in [0.05, 0.1) is 12.1 Å². The number of carbonyl (C=O) groups is 1. The van der Waals surface area contributed by atoms with Crippen LogP contribution in [0.15, 0.2) is 83.9 Å². The van der Waals surface area contributed by atoms with E-state index in [4.69, 9.17) is 0 Å². The molecule has 4 rings (SSSR count). The third-order valence-electron chi connectivity index (χ3n) is 4.93. The van der Waals surface area contributed by atoms with Gasteiger partial charge in [-0.2, -0.15) is 0 Å². The number of rotatable bonds is 5. The molecule has 0 aliphatic carbocycles. The SMILES string of the molecule is Cc1cccc2cc(CN(Cc3cccnc3)C(=O)Nc3ccccc3)c(=O)[nH]c12. The van der Waals surface area contributed by atoms with Crippen LogP contribution >= 0.6 is 0 Å². The summed E-state index contributed by atoms with van der Waals surface area (Å²) in [6, 6.07) is 20.4. The molecule has 30 heavy (non-hydrogen) atoms. The van der Waals surface area contributed by atoms with Gasteiger partial charge >= 0.3 is 6.03 Å². The lowest BCUT2D eigenvalue weighted by atomic mass is 10.1. The lowest BCUT2D eigenvalue weighted by Gasteiger charge is -2.23. The Hall–Kier alpha value is -3.93. The van der Waals surface area contributed by atoms with Crippen LogP contribution in [0.1, 0.15) is 16.7 Å². The van der Waals surface area contributed by atoms with Crippen molar-refractivity contribution >= 4 is 22.6 Å². The number of nitrogens with one attached hydrogen (secondary N) is 2. The van der Waals surface area contributed by atoms with Crippen LogP contribution in [0.2, 0.25) is 0 Å². The van der Waals surface area contributed by atoms with E-state index in [0.717, 1.165) is 22.0 Å². The van der Waals surface area contributed by atoms with Gasteiger partial charge < -0.3 is 15.2 Å². The largest absolute Gasteiger partial charge is 0.322 e. The molecule has 0 aliphatic heterocycles. The molecule has 2 aromatic carbocycles. The van der Waals surface area contributed by atoms with Crippen molar-refractivity contribution < 1.29 is 4.79 Å². The number of amides is 2. The molecular weight excluding hydrogens is 376 g/mol. The maximum Gasteiger partial charge on any atom is 0.322 e. The second kappa shape index (κ2) is 8.61. The summed E-state index contributed by atoms with van der Waals surface area (Å²) < 4.78 is 0. The van der Waals surface area contributed by atoms with Crippen molar-refractivity contribution in [1.29, 1.82) is 0 Å². The number of aromatic amines is 1. The smallest absolute Gasteiger partial charge is 0.321 e. The number of carbonyl (C=O) groups excluding carboxylic acids is 1. The van der Waals surface area contributed by atoms with E-state index in [0.29, 0.717) is 17.8 Å². The van der Waals surface area contributed by atoms with E-state index < -0.39 is 0 Å². The van der Waals surface area contributed by atoms with Gasteiger partial charge in [-0.05, 0) is 47.7 Å². The lowest BCUT2D eigenvalue weighted by molar-refractivity contribution is 0.206. The van der Waals surface area contributed by atoms with Crippen molar-refractivity contribution in [3.63, 3.8) is 0 Å². The highest BCUT2D eigenvalue weighted by molar-refractivity contribution is 5.89. The highest BCUT2D eigenvalue weighted by Crippen LogP contribution is 2.17. The second-order valence-electron chi connectivity index (χ2n) is 7.18. The molecule has 6 nitrogen and oxygen atoms in total. The number of para-hydroxylation sites is 2. The van der Waals surface area contributed by atoms with Gasteiger partial charge in [0.1, 0.15) is 0 Å². The van der Waals surface area contributed by atoms with E-state index in [9.17, 15) is 9.59 Å². The fourth-order valence-electron chi connectivity index (χ4n) is 3.39. The van der Waals surface area contributed by atoms with Crippen LogP contribution in [0.25, 0.3) is 10.9 Å². The first-order valence-electron chi connectivity index (χ1n) is 9.71. The predicted octanol–water partition coefficient (Wildman–Crippen LogP) is 4.47. The standard InChI is InChI=1S/C24H22N4O2/c1-17-7-5-9-19-13-20(23(29)27-22(17)19)16-28(15-18-8-6-12-25-14-18)24(30)26-21-10-3-2-4-11-21/h2-14H,15-16H2,1H3,(H,26,30)(H,27,29). The fraction of sp³-hybridized carbons (Fsp3) is 0.125. The zero-order valence-electron chi connectivity index (χ0n) is 16.6. The number of benzene rings is 2. The van der Waals surface area contributed by atoms with Gasteiger partial charge in [0.25, 0.3) is 5.56 Å². The molecule has 6 heteroatoms. The maximum atomic E-state index is 13.0. The summed E-state index contributed by atoms with van der Waals surface area (Å²) in [4.78, 5) is 34.5. The Morgan fingerprint density at radius 3 is 2.63 bits per heavy atom. The molecular formula is C24H22N4O2. The number of hydrogen-bond donors (Lipinski definition) is 2. The molecule has 0 bridgehead atoms. The normalized spacial score (nSPS) is 10.7. The number of fused-ring (bicyclic) bond motifs is 1. The number of H-pyrrole nitrogens is 1. The van der Waals surface area contributed by atoms with Gasteiger partial charge in [-0.1, -0.05) is 42.5 Å². The van der Waals surface area contributed by atoms with E-state index in [1.54, 1.807) is 17.3 Å². The van der Waals surface area contributed by atoms with Gasteiger partial charge in [0.2, 0.25) is 0 Å². The lowest BCUT2D eigenvalue weighted by Crippen LogP contribution is -2.35. The molecule has 2 heterocycles. The quantitative estimate of drug-likeness (QED) is 0.521. The number of pyridine rings is 2. The molecule has 150 valence electrons. The number of aromatic nitrogens is 2. The van der Waals surface area contributed by atoms with E-state index in [-0.39, 0.29) is 18.1 Å². The van der Waals surface area contributed by atoms with Crippen molar-refractivity contribution in [2.75, 3.05) is 5.32 Å². The van der Waals surface area contributed by atoms with Crippen LogP contribution < -0.4 is 10.9 Å². The molecule has 0 unspecified atom stereocenters. The van der Waals surface area contributed by atoms with Crippen LogP contribution in [0.3, 0.4) is 0 Å². The number of nitrogens with zero attached hydrogens (tertiary/aromatic N) is 2. The first-order valence-corrected chi connectivity index (χ1v) is 9.71. The highest BCUT2D eigenvalue weighted by atomic mass is 16.2. The van der Waals surface area contributed by atoms with Crippen molar-refractivity contribution in [3.8, 4) is 0 Å². The Bertz CT molecular complexity index is 1220. The number of hydrogen-bond acceptors (Lipinski definition) is 3. The van der Waals surface area contributed by atoms with Crippen molar-refractivity contribution in [3.05, 3.63) is 106 Å². The molecule has 0 saturated heterocycles. The Balaban J connectivity index is 1.65. The molecule has 0 spiro atoms. The van der Waals surface area contributed by atoms with E-state index in [1.165, 1.54) is 0 Å². The first kappa shape index (κ1) is 19.4. The summed E-state index contributed by atoms with van der Waals surface area (Å²) in [5.74, 6) is 0. The minimum Gasteiger partial charge on any atom is -0.321 e. The monoisotopic (exact) mass is 398 g/mol. The van der Waals surface area contributed by atoms with E-state index in [2.05, 4.69) is 15.3 Å². The van der Waals surface area contributed by atoms with Crippen molar-refractivity contribution in [1.82, 2.24) is 14.9 Å². The molecule has 2 amide bonds. The van der Waals surface area contributed by atoms with Crippen LogP contribution in [-0.4, -0.2) is 20.9 Å². The maximum absolute atomic E-state index is 13.0. The summed E-state index contributed by atoms with van der Waals surface area (Å²) in [5.41, 5.74) is 3.74. The summed E-state index contributed by atoms with van der Waals surface area (Å²) in [6.45, 7) is 2.46. The van der Waals surface area contributed by atoms with Gasteiger partial charge in [-0.3, -0.25) is 9.78 Å². The average Bonchev–Trinajstić information content (AvgIpc) is 2.76. The number of anilines is 1. The fourth-order valence-corrected chi connectivity index (χ4v) is 3.39. The second-order valence-corrected chi connectivity index (χ2v) is 7.18. The van der Waals surface area contributed by atoms with Gasteiger partial charge in [-0.25, -0.2) is 4.79 Å². The third kappa shape index (κ3) is 4.38. The van der Waals surface area contributed by atoms with Crippen molar-refractivity contribution in [2.45, 2.75) is 20.0 Å². The molecule has 0 fully saturated rings. The molecule has 0 atom stereocenters. The predicted molar refractivity (Wildman–Crippen MR) is 118 cm³/mol. The minimum atomic E-state index is -0.284. The minimum absolute atomic E-state index is 0.173. The average molecular weight is 398 g/mol.